The van der Waals surface area contributed by atoms with E-state index in [0.717, 1.165) is 18.5 Å². The van der Waals surface area contributed by atoms with Gasteiger partial charge in [-0.3, -0.25) is 0 Å². The van der Waals surface area contributed by atoms with E-state index in [1.54, 1.807) is 0 Å². The normalized spacial score (nSPS) is 13.1. The van der Waals surface area contributed by atoms with Crippen LogP contribution in [0.25, 0.3) is 71.3 Å². The number of rotatable bonds is 7. The topological polar surface area (TPSA) is 3.24 Å². The molecule has 0 fully saturated rings. The molecule has 0 aliphatic heterocycles. The Balaban J connectivity index is 1.30. The Morgan fingerprint density at radius 1 is 0.424 bits per heavy atom. The van der Waals surface area contributed by atoms with Crippen molar-refractivity contribution in [3.8, 4) is 33.4 Å². The van der Waals surface area contributed by atoms with Crippen LogP contribution < -0.4 is 4.90 Å². The van der Waals surface area contributed by atoms with Gasteiger partial charge < -0.3 is 4.90 Å². The summed E-state index contributed by atoms with van der Waals surface area (Å²) in [6.45, 7) is 6.86. The molecule has 0 radical (unpaired) electrons. The van der Waals surface area contributed by atoms with Crippen LogP contribution in [0.5, 0.6) is 0 Å². The second kappa shape index (κ2) is 15.1. The molecular weight excluding hydrogens is 711 g/mol. The number of nitrogens with zero attached hydrogens (tertiary/aromatic N) is 1. The maximum absolute atomic E-state index is 2.51. The van der Waals surface area contributed by atoms with Gasteiger partial charge in [-0.25, -0.2) is 0 Å². The van der Waals surface area contributed by atoms with Crippen LogP contribution in [0.1, 0.15) is 44.7 Å². The smallest absolute Gasteiger partial charge is 0.0465 e. The minimum absolute atomic E-state index is 0.0628. The zero-order valence-corrected chi connectivity index (χ0v) is 34.0. The fourth-order valence-electron chi connectivity index (χ4n) is 9.16. The minimum atomic E-state index is 0.0628. The molecule has 0 saturated heterocycles. The summed E-state index contributed by atoms with van der Waals surface area (Å²) < 4.78 is 0. The van der Waals surface area contributed by atoms with Crippen LogP contribution in [0.15, 0.2) is 212 Å². The van der Waals surface area contributed by atoms with E-state index >= 15 is 0 Å². The zero-order valence-electron chi connectivity index (χ0n) is 34.0. The third-order valence-corrected chi connectivity index (χ3v) is 12.0. The van der Waals surface area contributed by atoms with Gasteiger partial charge in [0.2, 0.25) is 0 Å². The molecule has 0 amide bonds. The third kappa shape index (κ3) is 6.73. The summed E-state index contributed by atoms with van der Waals surface area (Å²) in [5, 5.41) is 7.58. The summed E-state index contributed by atoms with van der Waals surface area (Å²) >= 11 is 0. The fourth-order valence-corrected chi connectivity index (χ4v) is 9.16. The maximum atomic E-state index is 2.51. The largest absolute Gasteiger partial charge is 0.314 e. The van der Waals surface area contributed by atoms with Crippen LogP contribution in [0.2, 0.25) is 0 Å². The zero-order chi connectivity index (χ0) is 39.9. The fraction of sp³-hybridized carbons (Fsp3) is 0.103. The van der Waals surface area contributed by atoms with Crippen molar-refractivity contribution >= 4 is 49.3 Å². The Hall–Kier alpha value is -6.96. The first-order chi connectivity index (χ1) is 28.9. The Bertz CT molecular complexity index is 3020. The summed E-state index contributed by atoms with van der Waals surface area (Å²) in [7, 11) is 0. The molecule has 0 aromatic heterocycles. The maximum Gasteiger partial charge on any atom is 0.0465 e. The van der Waals surface area contributed by atoms with Gasteiger partial charge in [0.05, 0.1) is 0 Å². The monoisotopic (exact) mass is 757 g/mol. The van der Waals surface area contributed by atoms with E-state index in [2.05, 4.69) is 232 Å². The van der Waals surface area contributed by atoms with Crippen LogP contribution in [0.4, 0.5) is 11.4 Å². The van der Waals surface area contributed by atoms with E-state index in [-0.39, 0.29) is 5.41 Å². The summed E-state index contributed by atoms with van der Waals surface area (Å²) in [5.41, 5.74) is 14.9. The first-order valence-electron chi connectivity index (χ1n) is 20.9. The van der Waals surface area contributed by atoms with Crippen molar-refractivity contribution in [2.75, 3.05) is 4.90 Å². The number of hydrogen-bond donors (Lipinski definition) is 0. The average Bonchev–Trinajstić information content (AvgIpc) is 3.29. The lowest BCUT2D eigenvalue weighted by Crippen LogP contribution is -2.18. The molecule has 0 atom stereocenters. The van der Waals surface area contributed by atoms with Gasteiger partial charge in [0.15, 0.2) is 0 Å². The van der Waals surface area contributed by atoms with Crippen LogP contribution in [-0.2, 0) is 5.41 Å². The van der Waals surface area contributed by atoms with Crippen molar-refractivity contribution < 1.29 is 0 Å². The molecule has 0 saturated carbocycles. The third-order valence-electron chi connectivity index (χ3n) is 12.0. The highest BCUT2D eigenvalue weighted by Crippen LogP contribution is 2.50. The Kier molecular flexibility index (Phi) is 9.30. The van der Waals surface area contributed by atoms with Crippen LogP contribution in [0.3, 0.4) is 0 Å². The molecule has 1 aliphatic carbocycles. The molecule has 1 heteroatoms. The standard InChI is InChI=1S/C58H47N/c1-58(2,3)45-31-33-46(34-32-45)59(47-28-18-27-44(37-47)40-19-8-4-9-20-40)48-35-36-51-54(38-48)49-29-16-17-30-50(49)56-53(42-23-12-6-13-24-42)39-52(41-21-10-5-11-22-41)55(57(51)56)43-25-14-7-15-26-43/h4-17,19-27,29-39H,18,28H2,1-3H3. The van der Waals surface area contributed by atoms with Gasteiger partial charge in [0.1, 0.15) is 0 Å². The van der Waals surface area contributed by atoms with Gasteiger partial charge in [-0.1, -0.05) is 191 Å². The van der Waals surface area contributed by atoms with Crippen LogP contribution in [-0.4, -0.2) is 0 Å². The highest BCUT2D eigenvalue weighted by Gasteiger charge is 2.24. The molecule has 0 N–H and O–H groups in total. The van der Waals surface area contributed by atoms with Crippen LogP contribution in [0, 0.1) is 0 Å². The van der Waals surface area contributed by atoms with Crippen LogP contribution >= 0.6 is 0 Å². The Morgan fingerprint density at radius 3 is 1.58 bits per heavy atom. The molecule has 59 heavy (non-hydrogen) atoms. The summed E-state index contributed by atoms with van der Waals surface area (Å²) in [6, 6.07) is 71.6. The van der Waals surface area contributed by atoms with Gasteiger partial charge in [-0.2, -0.15) is 0 Å². The second-order valence-electron chi connectivity index (χ2n) is 16.8. The van der Waals surface area contributed by atoms with Crippen molar-refractivity contribution in [2.24, 2.45) is 0 Å². The highest BCUT2D eigenvalue weighted by molar-refractivity contribution is 6.33. The molecule has 9 aromatic rings. The van der Waals surface area contributed by atoms with E-state index in [4.69, 9.17) is 0 Å². The molecule has 284 valence electrons. The van der Waals surface area contributed by atoms with E-state index in [9.17, 15) is 0 Å². The molecule has 0 unspecified atom stereocenters. The van der Waals surface area contributed by atoms with E-state index in [1.807, 2.05) is 0 Å². The summed E-state index contributed by atoms with van der Waals surface area (Å²) in [6.07, 6.45) is 6.73. The Labute approximate surface area is 348 Å². The summed E-state index contributed by atoms with van der Waals surface area (Å²) in [5.74, 6) is 0. The first-order valence-corrected chi connectivity index (χ1v) is 20.9. The second-order valence-corrected chi connectivity index (χ2v) is 16.8. The number of anilines is 2. The van der Waals surface area contributed by atoms with E-state index in [0.29, 0.717) is 0 Å². The first kappa shape index (κ1) is 36.4. The predicted octanol–water partition coefficient (Wildman–Crippen LogP) is 16.3. The molecule has 0 bridgehead atoms. The average molecular weight is 758 g/mol. The van der Waals surface area contributed by atoms with E-state index in [1.165, 1.54) is 93.8 Å². The van der Waals surface area contributed by atoms with Crippen molar-refractivity contribution in [1.82, 2.24) is 0 Å². The Morgan fingerprint density at radius 2 is 0.949 bits per heavy atom. The lowest BCUT2D eigenvalue weighted by molar-refractivity contribution is 0.590. The number of hydrogen-bond acceptors (Lipinski definition) is 1. The number of benzene rings is 9. The number of allylic oxidation sites excluding steroid dienone is 4. The van der Waals surface area contributed by atoms with Crippen molar-refractivity contribution in [3.05, 3.63) is 223 Å². The molecule has 1 nitrogen and oxygen atoms in total. The van der Waals surface area contributed by atoms with Gasteiger partial charge in [0, 0.05) is 17.1 Å². The number of fused-ring (bicyclic) bond motifs is 6. The van der Waals surface area contributed by atoms with Gasteiger partial charge in [-0.05, 0) is 137 Å². The lowest BCUT2D eigenvalue weighted by atomic mass is 9.81. The SMILES string of the molecule is CC(C)(C)c1ccc(N(C2=CC(c3ccccc3)=CCC2)c2ccc3c(c2)c2ccccc2c2c(-c4ccccc4)cc(-c4ccccc4)c(-c4ccccc4)c32)cc1. The molecule has 0 spiro atoms. The minimum Gasteiger partial charge on any atom is -0.314 e. The molecule has 0 heterocycles. The summed E-state index contributed by atoms with van der Waals surface area (Å²) in [4.78, 5) is 2.51. The van der Waals surface area contributed by atoms with Gasteiger partial charge >= 0.3 is 0 Å². The van der Waals surface area contributed by atoms with Gasteiger partial charge in [-0.15, -0.1) is 0 Å². The molecule has 1 aliphatic rings. The van der Waals surface area contributed by atoms with Gasteiger partial charge in [0.25, 0.3) is 0 Å². The van der Waals surface area contributed by atoms with Crippen molar-refractivity contribution in [2.45, 2.75) is 39.0 Å². The molecule has 9 aromatic carbocycles. The predicted molar refractivity (Wildman–Crippen MR) is 254 cm³/mol. The lowest BCUT2D eigenvalue weighted by Gasteiger charge is -2.31. The molecular formula is C58H47N. The van der Waals surface area contributed by atoms with Crippen molar-refractivity contribution in [1.29, 1.82) is 0 Å². The van der Waals surface area contributed by atoms with Crippen molar-refractivity contribution in [3.63, 3.8) is 0 Å². The highest BCUT2D eigenvalue weighted by atomic mass is 15.1. The quantitative estimate of drug-likeness (QED) is 0.146. The molecule has 10 rings (SSSR count). The van der Waals surface area contributed by atoms with E-state index < -0.39 is 0 Å².